The highest BCUT2D eigenvalue weighted by Crippen LogP contribution is 2.44. The number of sulfone groups is 1. The quantitative estimate of drug-likeness (QED) is 0.402. The van der Waals surface area contributed by atoms with Crippen LogP contribution in [-0.2, 0) is 21.2 Å². The van der Waals surface area contributed by atoms with Crippen LogP contribution in [0, 0.1) is 0 Å². The van der Waals surface area contributed by atoms with E-state index in [-0.39, 0.29) is 34.8 Å². The number of nitrogens with one attached hydrogen (secondary N) is 1. The minimum Gasteiger partial charge on any atom is -0.352 e. The predicted octanol–water partition coefficient (Wildman–Crippen LogP) is 1.92. The number of amides is 1. The Labute approximate surface area is 171 Å². The van der Waals surface area contributed by atoms with Crippen LogP contribution in [0.4, 0.5) is 0 Å². The van der Waals surface area contributed by atoms with Crippen LogP contribution >= 0.6 is 23.1 Å². The Hall–Kier alpha value is -1.65. The molecule has 28 heavy (non-hydrogen) atoms. The highest BCUT2D eigenvalue weighted by atomic mass is 32.2. The van der Waals surface area contributed by atoms with Gasteiger partial charge in [-0.05, 0) is 36.1 Å². The number of thioether (sulfide) groups is 1. The Morgan fingerprint density at radius 1 is 1.43 bits per heavy atom. The van der Waals surface area contributed by atoms with Gasteiger partial charge in [0, 0.05) is 12.6 Å². The summed E-state index contributed by atoms with van der Waals surface area (Å²) >= 11 is 2.66. The average Bonchev–Trinajstić information content (AvgIpc) is 3.30. The third-order valence-corrected chi connectivity index (χ3v) is 8.58. The number of fused-ring (bicyclic) bond motifs is 1. The molecule has 0 aromatic carbocycles. The van der Waals surface area contributed by atoms with E-state index in [0.29, 0.717) is 34.3 Å². The summed E-state index contributed by atoms with van der Waals surface area (Å²) in [5.74, 6) is 0.397. The fourth-order valence-corrected chi connectivity index (χ4v) is 6.99. The van der Waals surface area contributed by atoms with Crippen LogP contribution < -0.4 is 10.9 Å². The number of carbonyl (C=O) groups excluding carboxylic acids is 1. The summed E-state index contributed by atoms with van der Waals surface area (Å²) in [4.78, 5) is 30.6. The largest absolute Gasteiger partial charge is 0.352 e. The molecule has 7 nitrogen and oxygen atoms in total. The number of carbonyl (C=O) groups is 1. The van der Waals surface area contributed by atoms with Crippen LogP contribution in [0.3, 0.4) is 0 Å². The maximum absolute atomic E-state index is 13.0. The van der Waals surface area contributed by atoms with E-state index in [1.54, 1.807) is 10.6 Å². The molecule has 0 spiro atoms. The second-order valence-corrected chi connectivity index (χ2v) is 11.2. The number of allylic oxidation sites excluding steroid dienone is 1. The van der Waals surface area contributed by atoms with Gasteiger partial charge in [-0.25, -0.2) is 13.4 Å². The third-order valence-electron chi connectivity index (χ3n) is 4.95. The lowest BCUT2D eigenvalue weighted by Crippen LogP contribution is -2.36. The highest BCUT2D eigenvalue weighted by molar-refractivity contribution is 7.99. The topological polar surface area (TPSA) is 98.1 Å². The van der Waals surface area contributed by atoms with Crippen molar-refractivity contribution >= 4 is 49.1 Å². The molecule has 0 radical (unpaired) electrons. The molecule has 1 atom stereocenters. The minimum absolute atomic E-state index is 0.00602. The molecule has 1 N–H and O–H groups in total. The maximum Gasteiger partial charge on any atom is 0.263 e. The SMILES string of the molecule is C=CCn1c(SCC(=O)N[C@H]2CCS(=O)(=O)C2)nc2scc(C3CC3)c2c1=O. The van der Waals surface area contributed by atoms with E-state index in [0.717, 1.165) is 18.4 Å². The molecule has 1 aliphatic heterocycles. The van der Waals surface area contributed by atoms with Gasteiger partial charge in [0.15, 0.2) is 15.0 Å². The zero-order chi connectivity index (χ0) is 19.9. The summed E-state index contributed by atoms with van der Waals surface area (Å²) in [7, 11) is -3.04. The molecule has 1 saturated heterocycles. The number of aromatic nitrogens is 2. The number of thiophene rings is 1. The first-order chi connectivity index (χ1) is 13.4. The molecule has 4 rings (SSSR count). The van der Waals surface area contributed by atoms with E-state index >= 15 is 0 Å². The Morgan fingerprint density at radius 3 is 2.86 bits per heavy atom. The second kappa shape index (κ2) is 7.64. The van der Waals surface area contributed by atoms with Gasteiger partial charge in [0.2, 0.25) is 5.91 Å². The molecule has 2 fully saturated rings. The van der Waals surface area contributed by atoms with E-state index in [1.165, 1.54) is 23.1 Å². The number of nitrogens with zero attached hydrogens (tertiary/aromatic N) is 2. The van der Waals surface area contributed by atoms with Gasteiger partial charge in [0.25, 0.3) is 5.56 Å². The van der Waals surface area contributed by atoms with Gasteiger partial charge < -0.3 is 5.32 Å². The Morgan fingerprint density at radius 2 is 2.21 bits per heavy atom. The van der Waals surface area contributed by atoms with Crippen molar-refractivity contribution in [3.05, 3.63) is 34.0 Å². The van der Waals surface area contributed by atoms with Crippen molar-refractivity contribution in [2.75, 3.05) is 17.3 Å². The third kappa shape index (κ3) is 4.04. The standard InChI is InChI=1S/C18H21N3O4S3/c1-2-6-21-17(23)15-13(11-3-4-11)8-26-16(15)20-18(21)27-9-14(22)19-12-5-7-28(24,25)10-12/h2,8,11-12H,1,3-7,9-10H2,(H,19,22)/t12-/m0/s1. The van der Waals surface area contributed by atoms with Crippen LogP contribution in [0.2, 0.25) is 0 Å². The van der Waals surface area contributed by atoms with Gasteiger partial charge in [-0.1, -0.05) is 17.8 Å². The first kappa shape index (κ1) is 19.7. The highest BCUT2D eigenvalue weighted by Gasteiger charge is 2.30. The van der Waals surface area contributed by atoms with Gasteiger partial charge in [-0.3, -0.25) is 14.2 Å². The molecule has 2 aromatic heterocycles. The Balaban J connectivity index is 1.53. The molecule has 3 heterocycles. The van der Waals surface area contributed by atoms with Gasteiger partial charge in [0.1, 0.15) is 4.83 Å². The van der Waals surface area contributed by atoms with Gasteiger partial charge >= 0.3 is 0 Å². The molecule has 1 amide bonds. The van der Waals surface area contributed by atoms with Gasteiger partial charge in [-0.2, -0.15) is 0 Å². The molecule has 10 heteroatoms. The predicted molar refractivity (Wildman–Crippen MR) is 112 cm³/mol. The Kier molecular flexibility index (Phi) is 5.36. The smallest absolute Gasteiger partial charge is 0.263 e. The Bertz CT molecular complexity index is 1100. The van der Waals surface area contributed by atoms with Crippen LogP contribution in [-0.4, -0.2) is 47.2 Å². The molecule has 1 aliphatic carbocycles. The van der Waals surface area contributed by atoms with E-state index < -0.39 is 9.84 Å². The minimum atomic E-state index is -3.04. The summed E-state index contributed by atoms with van der Waals surface area (Å²) in [5.41, 5.74) is 1.00. The van der Waals surface area contributed by atoms with E-state index in [2.05, 4.69) is 16.9 Å². The first-order valence-corrected chi connectivity index (χ1v) is 12.8. The summed E-state index contributed by atoms with van der Waals surface area (Å²) in [6.45, 7) is 4.05. The fourth-order valence-electron chi connectivity index (χ4n) is 3.43. The van der Waals surface area contributed by atoms with Crippen molar-refractivity contribution < 1.29 is 13.2 Å². The van der Waals surface area contributed by atoms with Crippen molar-refractivity contribution in [2.45, 2.75) is 42.9 Å². The van der Waals surface area contributed by atoms with E-state index in [9.17, 15) is 18.0 Å². The summed E-state index contributed by atoms with van der Waals surface area (Å²) in [6.07, 6.45) is 4.31. The number of hydrogen-bond acceptors (Lipinski definition) is 7. The van der Waals surface area contributed by atoms with Crippen molar-refractivity contribution in [3.8, 4) is 0 Å². The van der Waals surface area contributed by atoms with Crippen molar-refractivity contribution in [3.63, 3.8) is 0 Å². The molecule has 1 saturated carbocycles. The normalized spacial score (nSPS) is 21.1. The fraction of sp³-hybridized carbons (Fsp3) is 0.500. The lowest BCUT2D eigenvalue weighted by Gasteiger charge is -2.12. The van der Waals surface area contributed by atoms with Crippen molar-refractivity contribution in [1.82, 2.24) is 14.9 Å². The van der Waals surface area contributed by atoms with Gasteiger partial charge in [0.05, 0.1) is 22.6 Å². The molecule has 150 valence electrons. The van der Waals surface area contributed by atoms with Crippen molar-refractivity contribution in [1.29, 1.82) is 0 Å². The molecule has 0 bridgehead atoms. The molecule has 2 aromatic rings. The zero-order valence-electron chi connectivity index (χ0n) is 15.2. The van der Waals surface area contributed by atoms with Crippen LogP contribution in [0.15, 0.2) is 28.0 Å². The number of rotatable bonds is 7. The lowest BCUT2D eigenvalue weighted by atomic mass is 10.1. The van der Waals surface area contributed by atoms with Crippen LogP contribution in [0.1, 0.15) is 30.7 Å². The van der Waals surface area contributed by atoms with Crippen LogP contribution in [0.25, 0.3) is 10.2 Å². The number of hydrogen-bond donors (Lipinski definition) is 1. The lowest BCUT2D eigenvalue weighted by molar-refractivity contribution is -0.119. The zero-order valence-corrected chi connectivity index (χ0v) is 17.7. The monoisotopic (exact) mass is 439 g/mol. The molecular formula is C18H21N3O4S3. The van der Waals surface area contributed by atoms with Gasteiger partial charge in [-0.15, -0.1) is 17.9 Å². The molecule has 2 aliphatic rings. The van der Waals surface area contributed by atoms with Crippen LogP contribution in [0.5, 0.6) is 0 Å². The van der Waals surface area contributed by atoms with Crippen molar-refractivity contribution in [2.24, 2.45) is 0 Å². The van der Waals surface area contributed by atoms with E-state index in [1.807, 2.05) is 5.38 Å². The molecular weight excluding hydrogens is 418 g/mol. The maximum atomic E-state index is 13.0. The summed E-state index contributed by atoms with van der Waals surface area (Å²) in [5, 5.41) is 5.96. The average molecular weight is 440 g/mol. The summed E-state index contributed by atoms with van der Waals surface area (Å²) < 4.78 is 24.6. The molecule has 0 unspecified atom stereocenters. The van der Waals surface area contributed by atoms with E-state index in [4.69, 9.17) is 0 Å². The first-order valence-electron chi connectivity index (χ1n) is 9.13. The summed E-state index contributed by atoms with van der Waals surface area (Å²) in [6, 6.07) is -0.331. The second-order valence-electron chi connectivity index (χ2n) is 7.20.